The highest BCUT2D eigenvalue weighted by atomic mass is 16.5. The average molecular weight is 260 g/mol. The van der Waals surface area contributed by atoms with Crippen molar-refractivity contribution in [2.75, 3.05) is 18.1 Å². The van der Waals surface area contributed by atoms with Gasteiger partial charge in [0.15, 0.2) is 0 Å². The number of anilines is 1. The van der Waals surface area contributed by atoms with E-state index in [1.165, 1.54) is 17.7 Å². The number of aromatic nitrogens is 1. The summed E-state index contributed by atoms with van der Waals surface area (Å²) in [4.78, 5) is 18.8. The van der Waals surface area contributed by atoms with Crippen molar-refractivity contribution in [1.29, 1.82) is 0 Å². The molecule has 2 aliphatic rings. The molecule has 0 aromatic carbocycles. The van der Waals surface area contributed by atoms with E-state index in [0.29, 0.717) is 6.61 Å². The van der Waals surface area contributed by atoms with Gasteiger partial charge < -0.3 is 9.64 Å². The zero-order valence-corrected chi connectivity index (χ0v) is 11.4. The second kappa shape index (κ2) is 5.19. The number of pyridine rings is 1. The van der Waals surface area contributed by atoms with Crippen LogP contribution in [-0.2, 0) is 22.4 Å². The fourth-order valence-corrected chi connectivity index (χ4v) is 3.09. The lowest BCUT2D eigenvalue weighted by Crippen LogP contribution is -2.38. The van der Waals surface area contributed by atoms with Crippen LogP contribution in [0.4, 0.5) is 5.82 Å². The lowest BCUT2D eigenvalue weighted by Gasteiger charge is -2.24. The van der Waals surface area contributed by atoms with Crippen LogP contribution in [0.5, 0.6) is 0 Å². The standard InChI is InChI=1S/C15H20N2O2/c1-2-19-15(18)13-7-4-10-17(13)14-9-8-11-5-3-6-12(11)16-14/h8-9,13H,2-7,10H2,1H3. The van der Waals surface area contributed by atoms with Gasteiger partial charge in [-0.05, 0) is 50.7 Å². The summed E-state index contributed by atoms with van der Waals surface area (Å²) in [5.41, 5.74) is 2.59. The second-order valence-electron chi connectivity index (χ2n) is 5.23. The quantitative estimate of drug-likeness (QED) is 0.781. The summed E-state index contributed by atoms with van der Waals surface area (Å²) >= 11 is 0. The van der Waals surface area contributed by atoms with Gasteiger partial charge in [0.25, 0.3) is 0 Å². The molecule has 1 saturated heterocycles. The Kier molecular flexibility index (Phi) is 3.40. The number of carbonyl (C=O) groups excluding carboxylic acids is 1. The van der Waals surface area contributed by atoms with E-state index in [2.05, 4.69) is 17.0 Å². The predicted molar refractivity (Wildman–Crippen MR) is 73.3 cm³/mol. The van der Waals surface area contributed by atoms with E-state index in [1.807, 2.05) is 6.92 Å². The average Bonchev–Trinajstić information content (AvgIpc) is 3.07. The summed E-state index contributed by atoms with van der Waals surface area (Å²) in [6, 6.07) is 4.08. The summed E-state index contributed by atoms with van der Waals surface area (Å²) in [5, 5.41) is 0. The van der Waals surface area contributed by atoms with Crippen LogP contribution in [0.3, 0.4) is 0 Å². The molecule has 1 aliphatic carbocycles. The molecule has 1 aliphatic heterocycles. The van der Waals surface area contributed by atoms with Crippen molar-refractivity contribution >= 4 is 11.8 Å². The monoisotopic (exact) mass is 260 g/mol. The van der Waals surface area contributed by atoms with Crippen LogP contribution in [0.2, 0.25) is 0 Å². The third kappa shape index (κ3) is 2.31. The SMILES string of the molecule is CCOC(=O)C1CCCN1c1ccc2c(n1)CCC2. The third-order valence-electron chi connectivity index (χ3n) is 4.02. The van der Waals surface area contributed by atoms with E-state index in [1.54, 1.807) is 0 Å². The van der Waals surface area contributed by atoms with E-state index in [0.717, 1.165) is 38.0 Å². The van der Waals surface area contributed by atoms with Gasteiger partial charge in [-0.25, -0.2) is 9.78 Å². The van der Waals surface area contributed by atoms with E-state index >= 15 is 0 Å². The lowest BCUT2D eigenvalue weighted by atomic mass is 10.2. The number of aryl methyl sites for hydroxylation is 2. The van der Waals surface area contributed by atoms with Crippen molar-refractivity contribution in [3.63, 3.8) is 0 Å². The summed E-state index contributed by atoms with van der Waals surface area (Å²) in [6.45, 7) is 3.20. The fraction of sp³-hybridized carbons (Fsp3) is 0.600. The zero-order chi connectivity index (χ0) is 13.2. The van der Waals surface area contributed by atoms with Gasteiger partial charge >= 0.3 is 5.97 Å². The first kappa shape index (κ1) is 12.5. The molecule has 1 aromatic heterocycles. The number of rotatable bonds is 3. The molecule has 0 spiro atoms. The van der Waals surface area contributed by atoms with Crippen molar-refractivity contribution in [3.8, 4) is 0 Å². The van der Waals surface area contributed by atoms with Gasteiger partial charge in [0.2, 0.25) is 0 Å². The Labute approximate surface area is 113 Å². The van der Waals surface area contributed by atoms with Crippen molar-refractivity contribution in [1.82, 2.24) is 4.98 Å². The summed E-state index contributed by atoms with van der Waals surface area (Å²) in [6.07, 6.45) is 5.32. The Morgan fingerprint density at radius 1 is 1.42 bits per heavy atom. The van der Waals surface area contributed by atoms with Crippen molar-refractivity contribution in [3.05, 3.63) is 23.4 Å². The zero-order valence-electron chi connectivity index (χ0n) is 11.4. The molecule has 19 heavy (non-hydrogen) atoms. The van der Waals surface area contributed by atoms with Crippen LogP contribution in [0.15, 0.2) is 12.1 Å². The van der Waals surface area contributed by atoms with Crippen LogP contribution in [0.25, 0.3) is 0 Å². The van der Waals surface area contributed by atoms with Crippen LogP contribution in [-0.4, -0.2) is 30.1 Å². The Balaban J connectivity index is 1.82. The Morgan fingerprint density at radius 2 is 2.32 bits per heavy atom. The van der Waals surface area contributed by atoms with Gasteiger partial charge in [0.1, 0.15) is 11.9 Å². The topological polar surface area (TPSA) is 42.4 Å². The van der Waals surface area contributed by atoms with Gasteiger partial charge in [-0.2, -0.15) is 0 Å². The normalized spacial score (nSPS) is 21.5. The fourth-order valence-electron chi connectivity index (χ4n) is 3.09. The number of fused-ring (bicyclic) bond motifs is 1. The molecule has 0 saturated carbocycles. The summed E-state index contributed by atoms with van der Waals surface area (Å²) in [7, 11) is 0. The minimum Gasteiger partial charge on any atom is -0.464 e. The Morgan fingerprint density at radius 3 is 3.16 bits per heavy atom. The molecule has 4 heteroatoms. The molecule has 0 bridgehead atoms. The highest BCUT2D eigenvalue weighted by Crippen LogP contribution is 2.28. The van der Waals surface area contributed by atoms with Crippen LogP contribution in [0.1, 0.15) is 37.4 Å². The van der Waals surface area contributed by atoms with Crippen molar-refractivity contribution < 1.29 is 9.53 Å². The largest absolute Gasteiger partial charge is 0.464 e. The molecule has 2 heterocycles. The summed E-state index contributed by atoms with van der Waals surface area (Å²) in [5.74, 6) is 0.832. The van der Waals surface area contributed by atoms with Gasteiger partial charge in [0.05, 0.1) is 6.61 Å². The maximum atomic E-state index is 12.0. The third-order valence-corrected chi connectivity index (χ3v) is 4.02. The van der Waals surface area contributed by atoms with Crippen molar-refractivity contribution in [2.45, 2.75) is 45.1 Å². The lowest BCUT2D eigenvalue weighted by molar-refractivity contribution is -0.144. The number of hydrogen-bond acceptors (Lipinski definition) is 4. The van der Waals surface area contributed by atoms with Crippen LogP contribution >= 0.6 is 0 Å². The number of hydrogen-bond donors (Lipinski definition) is 0. The van der Waals surface area contributed by atoms with E-state index in [4.69, 9.17) is 9.72 Å². The molecule has 0 radical (unpaired) electrons. The Bertz CT molecular complexity index is 487. The molecule has 1 aromatic rings. The van der Waals surface area contributed by atoms with Crippen molar-refractivity contribution in [2.24, 2.45) is 0 Å². The van der Waals surface area contributed by atoms with Gasteiger partial charge in [-0.15, -0.1) is 0 Å². The van der Waals surface area contributed by atoms with E-state index in [9.17, 15) is 4.79 Å². The van der Waals surface area contributed by atoms with Gasteiger partial charge in [-0.3, -0.25) is 0 Å². The van der Waals surface area contributed by atoms with E-state index < -0.39 is 0 Å². The molecule has 1 unspecified atom stereocenters. The molecular formula is C15H20N2O2. The molecule has 1 fully saturated rings. The molecule has 0 N–H and O–H groups in total. The molecule has 102 valence electrons. The first-order valence-corrected chi connectivity index (χ1v) is 7.21. The number of nitrogens with zero attached hydrogens (tertiary/aromatic N) is 2. The second-order valence-corrected chi connectivity index (χ2v) is 5.23. The molecule has 1 atom stereocenters. The molecule has 0 amide bonds. The highest BCUT2D eigenvalue weighted by molar-refractivity contribution is 5.80. The van der Waals surface area contributed by atoms with E-state index in [-0.39, 0.29) is 12.0 Å². The van der Waals surface area contributed by atoms with Crippen LogP contribution < -0.4 is 4.90 Å². The maximum Gasteiger partial charge on any atom is 0.328 e. The smallest absolute Gasteiger partial charge is 0.328 e. The predicted octanol–water partition coefficient (Wildman–Crippen LogP) is 2.10. The van der Waals surface area contributed by atoms with Crippen LogP contribution in [0, 0.1) is 0 Å². The first-order chi connectivity index (χ1) is 9.29. The highest BCUT2D eigenvalue weighted by Gasteiger charge is 2.33. The molecule has 3 rings (SSSR count). The van der Waals surface area contributed by atoms with Gasteiger partial charge in [-0.1, -0.05) is 6.07 Å². The Hall–Kier alpha value is -1.58. The minimum absolute atomic E-state index is 0.109. The molecular weight excluding hydrogens is 240 g/mol. The summed E-state index contributed by atoms with van der Waals surface area (Å²) < 4.78 is 5.16. The minimum atomic E-state index is -0.146. The van der Waals surface area contributed by atoms with Gasteiger partial charge in [0, 0.05) is 12.2 Å². The maximum absolute atomic E-state index is 12.0. The molecule has 4 nitrogen and oxygen atoms in total. The number of carbonyl (C=O) groups is 1. The first-order valence-electron chi connectivity index (χ1n) is 7.21. The number of esters is 1. The number of ether oxygens (including phenoxy) is 1.